The Balaban J connectivity index is 1.43. The van der Waals surface area contributed by atoms with Gasteiger partial charge in [-0.05, 0) is 62.5 Å². The predicted molar refractivity (Wildman–Crippen MR) is 163 cm³/mol. The van der Waals surface area contributed by atoms with E-state index in [2.05, 4.69) is 91.0 Å². The van der Waals surface area contributed by atoms with Gasteiger partial charge in [0.15, 0.2) is 11.5 Å². The molecule has 1 aliphatic heterocycles. The fraction of sp³-hybridized carbons (Fsp3) is 0.0263. The lowest BCUT2D eigenvalue weighted by Crippen LogP contribution is -2.27. The van der Waals surface area contributed by atoms with E-state index in [0.717, 1.165) is 33.1 Å². The van der Waals surface area contributed by atoms with Crippen LogP contribution in [0.5, 0.6) is 11.5 Å². The molecule has 0 amide bonds. The summed E-state index contributed by atoms with van der Waals surface area (Å²) < 4.78 is 8.55. The lowest BCUT2D eigenvalue weighted by molar-refractivity contribution is 0.474. The maximum atomic E-state index is 14.5. The van der Waals surface area contributed by atoms with Crippen LogP contribution in [0.2, 0.25) is 0 Å². The Hall–Kier alpha value is -5.41. The Labute approximate surface area is 235 Å². The number of nitrogens with zero attached hydrogens (tertiary/aromatic N) is 1. The van der Waals surface area contributed by atoms with Crippen molar-refractivity contribution >= 4 is 21.7 Å². The largest absolute Gasteiger partial charge is 0.453 e. The van der Waals surface area contributed by atoms with E-state index in [1.165, 1.54) is 33.4 Å². The number of pyridine rings is 1. The summed E-state index contributed by atoms with van der Waals surface area (Å²) in [6.07, 6.45) is 0. The third kappa shape index (κ3) is 2.33. The van der Waals surface area contributed by atoms with Crippen molar-refractivity contribution in [1.29, 1.82) is 0 Å². The first-order chi connectivity index (χ1) is 20.3. The number of ether oxygens (including phenoxy) is 1. The van der Waals surface area contributed by atoms with Gasteiger partial charge in [0.25, 0.3) is 5.56 Å². The highest BCUT2D eigenvalue weighted by atomic mass is 16.5. The Kier molecular flexibility index (Phi) is 3.76. The van der Waals surface area contributed by atoms with E-state index in [1.54, 1.807) is 0 Å². The van der Waals surface area contributed by atoms with Crippen molar-refractivity contribution in [2.24, 2.45) is 0 Å². The highest BCUT2D eigenvalue weighted by Crippen LogP contribution is 2.64. The second kappa shape index (κ2) is 7.21. The zero-order chi connectivity index (χ0) is 26.9. The minimum Gasteiger partial charge on any atom is -0.453 e. The highest BCUT2D eigenvalue weighted by Gasteiger charge is 2.52. The number of para-hydroxylation sites is 1. The summed E-state index contributed by atoms with van der Waals surface area (Å²) >= 11 is 0. The maximum absolute atomic E-state index is 14.5. The molecule has 0 saturated heterocycles. The molecule has 0 N–H and O–H groups in total. The van der Waals surface area contributed by atoms with Crippen molar-refractivity contribution < 1.29 is 4.74 Å². The van der Waals surface area contributed by atoms with Crippen LogP contribution >= 0.6 is 0 Å². The van der Waals surface area contributed by atoms with Crippen molar-refractivity contribution in [3.05, 3.63) is 160 Å². The predicted octanol–water partition coefficient (Wildman–Crippen LogP) is 8.59. The number of rotatable bonds is 0. The molecule has 0 saturated carbocycles. The van der Waals surface area contributed by atoms with Crippen molar-refractivity contribution in [1.82, 2.24) is 4.57 Å². The molecule has 0 unspecified atom stereocenters. The highest BCUT2D eigenvalue weighted by molar-refractivity contribution is 6.10. The molecule has 1 aromatic heterocycles. The topological polar surface area (TPSA) is 31.2 Å². The number of aromatic nitrogens is 1. The molecule has 3 nitrogen and oxygen atoms in total. The van der Waals surface area contributed by atoms with Gasteiger partial charge in [-0.25, -0.2) is 0 Å². The molecule has 1 spiro atoms. The lowest BCUT2D eigenvalue weighted by atomic mass is 9.70. The van der Waals surface area contributed by atoms with Crippen LogP contribution in [0.4, 0.5) is 0 Å². The van der Waals surface area contributed by atoms with Crippen molar-refractivity contribution in [3.63, 3.8) is 0 Å². The van der Waals surface area contributed by atoms with Crippen LogP contribution in [0.25, 0.3) is 49.6 Å². The van der Waals surface area contributed by atoms with Crippen LogP contribution in [0.1, 0.15) is 22.3 Å². The molecule has 2 heterocycles. The second-order valence-electron chi connectivity index (χ2n) is 11.2. The number of fused-ring (bicyclic) bond motifs is 15. The first-order valence-corrected chi connectivity index (χ1v) is 14.0. The van der Waals surface area contributed by atoms with E-state index < -0.39 is 5.41 Å². The van der Waals surface area contributed by atoms with Gasteiger partial charge < -0.3 is 4.74 Å². The average Bonchev–Trinajstić information content (AvgIpc) is 3.50. The Morgan fingerprint density at radius 2 is 1.07 bits per heavy atom. The second-order valence-corrected chi connectivity index (χ2v) is 11.2. The van der Waals surface area contributed by atoms with Crippen LogP contribution in [0, 0.1) is 0 Å². The lowest BCUT2D eigenvalue weighted by Gasteiger charge is -2.31. The fourth-order valence-corrected chi connectivity index (χ4v) is 7.96. The van der Waals surface area contributed by atoms with Crippen molar-refractivity contribution in [3.8, 4) is 39.4 Å². The zero-order valence-electron chi connectivity index (χ0n) is 21.9. The minimum absolute atomic E-state index is 0.0239. The molecular formula is C38H21NO2. The fourth-order valence-electron chi connectivity index (χ4n) is 7.96. The molecule has 0 bridgehead atoms. The van der Waals surface area contributed by atoms with Gasteiger partial charge in [-0.1, -0.05) is 109 Å². The van der Waals surface area contributed by atoms with Gasteiger partial charge in [0.2, 0.25) is 0 Å². The summed E-state index contributed by atoms with van der Waals surface area (Å²) in [6, 6.07) is 44.5. The first kappa shape index (κ1) is 21.4. The van der Waals surface area contributed by atoms with Gasteiger partial charge >= 0.3 is 0 Å². The summed E-state index contributed by atoms with van der Waals surface area (Å²) in [5, 5.41) is 2.67. The van der Waals surface area contributed by atoms with Crippen molar-refractivity contribution in [2.45, 2.75) is 5.41 Å². The summed E-state index contributed by atoms with van der Waals surface area (Å²) in [5.41, 5.74) is 10.9. The molecule has 190 valence electrons. The maximum Gasteiger partial charge on any atom is 0.263 e. The van der Waals surface area contributed by atoms with Crippen LogP contribution in [0.3, 0.4) is 0 Å². The molecule has 3 aliphatic rings. The van der Waals surface area contributed by atoms with E-state index in [0.29, 0.717) is 16.9 Å². The molecule has 0 radical (unpaired) electrons. The monoisotopic (exact) mass is 523 g/mol. The summed E-state index contributed by atoms with van der Waals surface area (Å²) in [4.78, 5) is 14.5. The first-order valence-electron chi connectivity index (χ1n) is 14.0. The van der Waals surface area contributed by atoms with E-state index in [-0.39, 0.29) is 5.56 Å². The third-order valence-corrected chi connectivity index (χ3v) is 9.41. The van der Waals surface area contributed by atoms with Gasteiger partial charge in [0.1, 0.15) is 5.69 Å². The Morgan fingerprint density at radius 3 is 1.80 bits per heavy atom. The molecule has 3 heteroatoms. The van der Waals surface area contributed by atoms with Crippen molar-refractivity contribution in [2.75, 3.05) is 0 Å². The Morgan fingerprint density at radius 1 is 0.488 bits per heavy atom. The van der Waals surface area contributed by atoms with Crippen LogP contribution < -0.4 is 10.3 Å². The molecule has 6 aromatic carbocycles. The van der Waals surface area contributed by atoms with Gasteiger partial charge in [0, 0.05) is 16.3 Å². The Bertz CT molecular complexity index is 2330. The van der Waals surface area contributed by atoms with Gasteiger partial charge in [-0.3, -0.25) is 9.36 Å². The van der Waals surface area contributed by atoms with Gasteiger partial charge in [-0.15, -0.1) is 0 Å². The van der Waals surface area contributed by atoms with E-state index in [1.807, 2.05) is 41.0 Å². The summed E-state index contributed by atoms with van der Waals surface area (Å²) in [7, 11) is 0. The zero-order valence-corrected chi connectivity index (χ0v) is 21.9. The molecule has 2 aliphatic carbocycles. The van der Waals surface area contributed by atoms with Gasteiger partial charge in [-0.2, -0.15) is 0 Å². The number of hydrogen-bond donors (Lipinski definition) is 0. The van der Waals surface area contributed by atoms with Crippen LogP contribution in [-0.2, 0) is 5.41 Å². The van der Waals surface area contributed by atoms with E-state index in [4.69, 9.17) is 4.74 Å². The van der Waals surface area contributed by atoms with Crippen LogP contribution in [-0.4, -0.2) is 4.57 Å². The van der Waals surface area contributed by atoms with Gasteiger partial charge in [0.05, 0.1) is 10.9 Å². The summed E-state index contributed by atoms with van der Waals surface area (Å²) in [6.45, 7) is 0. The molecule has 0 fully saturated rings. The number of hydrogen-bond acceptors (Lipinski definition) is 2. The normalized spacial score (nSPS) is 14.3. The summed E-state index contributed by atoms with van der Waals surface area (Å²) in [5.74, 6) is 1.41. The standard InChI is InChI=1S/C38H21NO2/c40-37-26-13-2-1-10-22(26)25-15-9-19-32-35(25)39(37)36-33(41-32)21-20-31-34(36)27-14-5-8-18-30(27)38(31)28-16-6-3-11-23(28)24-12-4-7-17-29(24)38/h1-21H. The molecular weight excluding hydrogens is 502 g/mol. The van der Waals surface area contributed by atoms with E-state index >= 15 is 0 Å². The smallest absolute Gasteiger partial charge is 0.263 e. The molecule has 41 heavy (non-hydrogen) atoms. The molecule has 0 atom stereocenters. The molecule has 7 aromatic rings. The average molecular weight is 524 g/mol. The number of benzene rings is 6. The third-order valence-electron chi connectivity index (χ3n) is 9.41. The van der Waals surface area contributed by atoms with E-state index in [9.17, 15) is 4.79 Å². The van der Waals surface area contributed by atoms with Crippen LogP contribution in [0.15, 0.2) is 132 Å². The minimum atomic E-state index is -0.481. The SMILES string of the molecule is O=c1c2ccccc2c2cccc3c2n1-c1c(ccc2c1-c1ccccc1C21c2ccccc2-c2ccccc21)O3. The quantitative estimate of drug-likeness (QED) is 0.186. The molecule has 10 rings (SSSR count).